The number of nitrogens with one attached hydrogen (secondary N) is 2. The number of rotatable bonds is 4. The van der Waals surface area contributed by atoms with Crippen LogP contribution in [0.5, 0.6) is 0 Å². The van der Waals surface area contributed by atoms with Gasteiger partial charge < -0.3 is 15.2 Å². The Morgan fingerprint density at radius 1 is 1.30 bits per heavy atom. The number of carbonyl (C=O) groups is 1. The zero-order valence-corrected chi connectivity index (χ0v) is 13.7. The third-order valence-corrected chi connectivity index (χ3v) is 3.74. The fraction of sp³-hybridized carbons (Fsp3) is 0.176. The molecule has 1 aromatic carbocycles. The summed E-state index contributed by atoms with van der Waals surface area (Å²) in [6.07, 6.45) is 3.39. The Kier molecular flexibility index (Phi) is 4.32. The number of nitrogens with zero attached hydrogens (tertiary/aromatic N) is 2. The molecule has 0 aliphatic heterocycles. The van der Waals surface area contributed by atoms with Crippen LogP contribution < -0.4 is 5.32 Å². The van der Waals surface area contributed by atoms with Crippen molar-refractivity contribution >= 4 is 34.2 Å². The van der Waals surface area contributed by atoms with Crippen LogP contribution in [0.3, 0.4) is 0 Å². The number of H-pyrrole nitrogens is 1. The van der Waals surface area contributed by atoms with Gasteiger partial charge in [0, 0.05) is 35.0 Å². The van der Waals surface area contributed by atoms with Crippen molar-refractivity contribution in [1.29, 1.82) is 0 Å². The van der Waals surface area contributed by atoms with Gasteiger partial charge in [0.1, 0.15) is 5.65 Å². The number of halogens is 1. The van der Waals surface area contributed by atoms with Gasteiger partial charge in [-0.15, -0.1) is 0 Å². The molecule has 6 heteroatoms. The molecule has 0 fully saturated rings. The lowest BCUT2D eigenvalue weighted by molar-refractivity contribution is 0.102. The Bertz CT molecular complexity index is 857. The number of benzene rings is 1. The fourth-order valence-electron chi connectivity index (χ4n) is 2.50. The van der Waals surface area contributed by atoms with E-state index in [1.165, 1.54) is 0 Å². The lowest BCUT2D eigenvalue weighted by atomic mass is 10.1. The van der Waals surface area contributed by atoms with Crippen molar-refractivity contribution in [3.05, 3.63) is 58.9 Å². The van der Waals surface area contributed by atoms with E-state index in [9.17, 15) is 4.79 Å². The molecule has 23 heavy (non-hydrogen) atoms. The zero-order valence-electron chi connectivity index (χ0n) is 12.9. The molecule has 2 N–H and O–H groups in total. The van der Waals surface area contributed by atoms with Crippen molar-refractivity contribution in [3.63, 3.8) is 0 Å². The Morgan fingerprint density at radius 3 is 2.91 bits per heavy atom. The average molecular weight is 329 g/mol. The Morgan fingerprint density at radius 2 is 2.13 bits per heavy atom. The first-order chi connectivity index (χ1) is 11.0. The third kappa shape index (κ3) is 3.36. The topological polar surface area (TPSA) is 61.0 Å². The minimum absolute atomic E-state index is 0.167. The van der Waals surface area contributed by atoms with Crippen LogP contribution >= 0.6 is 11.6 Å². The van der Waals surface area contributed by atoms with Gasteiger partial charge in [0.25, 0.3) is 5.91 Å². The second-order valence-corrected chi connectivity index (χ2v) is 6.03. The van der Waals surface area contributed by atoms with E-state index in [4.69, 9.17) is 11.6 Å². The van der Waals surface area contributed by atoms with Crippen molar-refractivity contribution in [2.75, 3.05) is 19.4 Å². The van der Waals surface area contributed by atoms with Gasteiger partial charge in [0.2, 0.25) is 0 Å². The summed E-state index contributed by atoms with van der Waals surface area (Å²) in [5.74, 6) is -0.167. The van der Waals surface area contributed by atoms with E-state index >= 15 is 0 Å². The van der Waals surface area contributed by atoms with Gasteiger partial charge in [0.15, 0.2) is 0 Å². The van der Waals surface area contributed by atoms with Crippen molar-refractivity contribution in [1.82, 2.24) is 14.9 Å². The van der Waals surface area contributed by atoms with E-state index in [1.54, 1.807) is 24.5 Å². The molecule has 2 aromatic heterocycles. The van der Waals surface area contributed by atoms with Crippen molar-refractivity contribution < 1.29 is 4.79 Å². The highest BCUT2D eigenvalue weighted by Crippen LogP contribution is 2.23. The zero-order chi connectivity index (χ0) is 16.4. The molecular weight excluding hydrogens is 312 g/mol. The standard InChI is InChI=1S/C17H17ClN4O/c1-22(2)10-11-9-12(18)3-4-15(11)21-17(23)14-6-8-20-16-13(14)5-7-19-16/h3-9H,10H2,1-2H3,(H,19,20)(H,21,23). The van der Waals surface area contributed by atoms with Crippen molar-refractivity contribution in [2.24, 2.45) is 0 Å². The van der Waals surface area contributed by atoms with Crippen molar-refractivity contribution in [3.8, 4) is 0 Å². The van der Waals surface area contributed by atoms with Crippen LogP contribution in [0.1, 0.15) is 15.9 Å². The van der Waals surface area contributed by atoms with E-state index in [0.717, 1.165) is 16.6 Å². The first-order valence-electron chi connectivity index (χ1n) is 7.21. The molecule has 3 aromatic rings. The van der Waals surface area contributed by atoms with Crippen LogP contribution in [0.25, 0.3) is 11.0 Å². The van der Waals surface area contributed by atoms with Gasteiger partial charge in [-0.2, -0.15) is 0 Å². The molecule has 0 bridgehead atoms. The lowest BCUT2D eigenvalue weighted by Gasteiger charge is -2.15. The average Bonchev–Trinajstić information content (AvgIpc) is 2.97. The van der Waals surface area contributed by atoms with E-state index in [-0.39, 0.29) is 5.91 Å². The quantitative estimate of drug-likeness (QED) is 0.770. The molecule has 0 aliphatic rings. The number of pyridine rings is 1. The van der Waals surface area contributed by atoms with Gasteiger partial charge in [-0.25, -0.2) is 4.98 Å². The van der Waals surface area contributed by atoms with Gasteiger partial charge in [-0.3, -0.25) is 4.79 Å². The predicted octanol–water partition coefficient (Wildman–Crippen LogP) is 3.53. The summed E-state index contributed by atoms with van der Waals surface area (Å²) in [5, 5.41) is 4.42. The summed E-state index contributed by atoms with van der Waals surface area (Å²) in [6, 6.07) is 9.03. The molecule has 0 spiro atoms. The maximum Gasteiger partial charge on any atom is 0.256 e. The summed E-state index contributed by atoms with van der Waals surface area (Å²) >= 11 is 6.07. The first kappa shape index (κ1) is 15.5. The van der Waals surface area contributed by atoms with Gasteiger partial charge in [-0.1, -0.05) is 11.6 Å². The van der Waals surface area contributed by atoms with Crippen LogP contribution in [0.2, 0.25) is 5.02 Å². The molecule has 5 nitrogen and oxygen atoms in total. The summed E-state index contributed by atoms with van der Waals surface area (Å²) < 4.78 is 0. The number of hydrogen-bond donors (Lipinski definition) is 2. The fourth-order valence-corrected chi connectivity index (χ4v) is 2.70. The molecule has 0 unspecified atom stereocenters. The second-order valence-electron chi connectivity index (χ2n) is 5.59. The maximum atomic E-state index is 12.6. The van der Waals surface area contributed by atoms with Gasteiger partial charge in [-0.05, 0) is 50.0 Å². The van der Waals surface area contributed by atoms with Gasteiger partial charge >= 0.3 is 0 Å². The van der Waals surface area contributed by atoms with E-state index in [1.807, 2.05) is 37.2 Å². The molecule has 0 radical (unpaired) electrons. The smallest absolute Gasteiger partial charge is 0.256 e. The maximum absolute atomic E-state index is 12.6. The highest BCUT2D eigenvalue weighted by molar-refractivity contribution is 6.30. The number of carbonyl (C=O) groups excluding carboxylic acids is 1. The summed E-state index contributed by atoms with van der Waals surface area (Å²) in [5.41, 5.74) is 3.01. The molecule has 1 amide bonds. The van der Waals surface area contributed by atoms with Crippen LogP contribution in [0.4, 0.5) is 5.69 Å². The van der Waals surface area contributed by atoms with Crippen LogP contribution in [-0.2, 0) is 6.54 Å². The molecule has 118 valence electrons. The molecule has 2 heterocycles. The summed E-state index contributed by atoms with van der Waals surface area (Å²) in [6.45, 7) is 0.687. The minimum Gasteiger partial charge on any atom is -0.346 e. The summed E-state index contributed by atoms with van der Waals surface area (Å²) in [7, 11) is 3.94. The third-order valence-electron chi connectivity index (χ3n) is 3.51. The monoisotopic (exact) mass is 328 g/mol. The predicted molar refractivity (Wildman–Crippen MR) is 92.9 cm³/mol. The molecule has 0 saturated heterocycles. The van der Waals surface area contributed by atoms with E-state index in [2.05, 4.69) is 15.3 Å². The molecule has 3 rings (SSSR count). The highest BCUT2D eigenvalue weighted by atomic mass is 35.5. The van der Waals surface area contributed by atoms with E-state index in [0.29, 0.717) is 22.8 Å². The number of hydrogen-bond acceptors (Lipinski definition) is 3. The highest BCUT2D eigenvalue weighted by Gasteiger charge is 2.14. The Hall–Kier alpha value is -2.37. The van der Waals surface area contributed by atoms with Crippen molar-refractivity contribution in [2.45, 2.75) is 6.54 Å². The second kappa shape index (κ2) is 6.40. The number of aromatic nitrogens is 2. The number of anilines is 1. The summed E-state index contributed by atoms with van der Waals surface area (Å²) in [4.78, 5) is 21.9. The Labute approximate surface area is 139 Å². The molecule has 0 aliphatic carbocycles. The molecule has 0 saturated carbocycles. The lowest BCUT2D eigenvalue weighted by Crippen LogP contribution is -2.17. The number of fused-ring (bicyclic) bond motifs is 1. The van der Waals surface area contributed by atoms with Gasteiger partial charge in [0.05, 0.1) is 5.56 Å². The largest absolute Gasteiger partial charge is 0.346 e. The number of amides is 1. The normalized spacial score (nSPS) is 11.1. The minimum atomic E-state index is -0.167. The molecule has 0 atom stereocenters. The van der Waals surface area contributed by atoms with Crippen LogP contribution in [-0.4, -0.2) is 34.9 Å². The first-order valence-corrected chi connectivity index (χ1v) is 7.59. The van der Waals surface area contributed by atoms with E-state index < -0.39 is 0 Å². The Balaban J connectivity index is 1.92. The van der Waals surface area contributed by atoms with Crippen LogP contribution in [0, 0.1) is 0 Å². The SMILES string of the molecule is CN(C)Cc1cc(Cl)ccc1NC(=O)c1ccnc2[nH]ccc12. The number of aromatic amines is 1. The molecular formula is C17H17ClN4O. The van der Waals surface area contributed by atoms with Crippen LogP contribution in [0.15, 0.2) is 42.7 Å².